The molecule has 1 aliphatic heterocycles. The number of likely N-dealkylation sites (N-methyl/N-ethyl adjacent to an activating group) is 1. The first kappa shape index (κ1) is 11.9. The van der Waals surface area contributed by atoms with E-state index < -0.39 is 6.98 Å². The number of aromatic nitrogens is 2. The summed E-state index contributed by atoms with van der Waals surface area (Å²) >= 11 is 0. The van der Waals surface area contributed by atoms with Crippen LogP contribution in [0.4, 0.5) is 5.95 Å². The van der Waals surface area contributed by atoms with Crippen LogP contribution in [0.5, 0.6) is 0 Å². The summed E-state index contributed by atoms with van der Waals surface area (Å²) in [4.78, 5) is 8.61. The Morgan fingerprint density at radius 2 is 2.14 bits per heavy atom. The quantitative estimate of drug-likeness (QED) is 0.626. The third-order valence-electron chi connectivity index (χ3n) is 4.08. The standard InChI is InChI=1S/C17H26N4O/c1-3-22-14-13-21-16-8-5-4-7-15(16)18-17(21)20-10-6-9-19(2)11-12-20/h4-5,7-8H,3,6,9-14H2,1-2H3/i2+1D3. The van der Waals surface area contributed by atoms with E-state index in [1.54, 1.807) is 4.90 Å². The summed E-state index contributed by atoms with van der Waals surface area (Å²) in [5.41, 5.74) is 2.06. The van der Waals surface area contributed by atoms with Crippen LogP contribution in [0.2, 0.25) is 0 Å². The van der Waals surface area contributed by atoms with Gasteiger partial charge >= 0.3 is 0 Å². The molecule has 1 aliphatic rings. The predicted octanol–water partition coefficient (Wildman–Crippen LogP) is 2.21. The van der Waals surface area contributed by atoms with Gasteiger partial charge in [0.2, 0.25) is 5.95 Å². The number of fused-ring (bicyclic) bond motifs is 1. The topological polar surface area (TPSA) is 33.5 Å². The van der Waals surface area contributed by atoms with Gasteiger partial charge in [0.25, 0.3) is 0 Å². The second kappa shape index (κ2) is 7.11. The molecule has 1 aromatic carbocycles. The maximum Gasteiger partial charge on any atom is 0.206 e. The lowest BCUT2D eigenvalue weighted by atomic mass is 10.3. The van der Waals surface area contributed by atoms with Gasteiger partial charge in [0.05, 0.1) is 17.6 Å². The Bertz CT molecular complexity index is 701. The third-order valence-corrected chi connectivity index (χ3v) is 4.08. The van der Waals surface area contributed by atoms with E-state index in [1.165, 1.54) is 0 Å². The van der Waals surface area contributed by atoms with E-state index in [9.17, 15) is 0 Å². The van der Waals surface area contributed by atoms with E-state index in [4.69, 9.17) is 13.8 Å². The fourth-order valence-corrected chi connectivity index (χ4v) is 2.94. The number of imidazole rings is 1. The van der Waals surface area contributed by atoms with Crippen molar-refractivity contribution in [3.8, 4) is 0 Å². The molecule has 0 unspecified atom stereocenters. The van der Waals surface area contributed by atoms with Gasteiger partial charge in [-0.1, -0.05) is 12.1 Å². The van der Waals surface area contributed by atoms with Gasteiger partial charge in [-0.3, -0.25) is 0 Å². The number of hydrogen-bond acceptors (Lipinski definition) is 4. The van der Waals surface area contributed by atoms with Gasteiger partial charge < -0.3 is 19.1 Å². The Labute approximate surface area is 136 Å². The molecule has 2 heterocycles. The lowest BCUT2D eigenvalue weighted by Gasteiger charge is -2.23. The zero-order valence-electron chi connectivity index (χ0n) is 16.2. The van der Waals surface area contributed by atoms with E-state index in [1.807, 2.05) is 25.1 Å². The van der Waals surface area contributed by atoms with Gasteiger partial charge in [0.15, 0.2) is 0 Å². The Morgan fingerprint density at radius 1 is 1.23 bits per heavy atom. The van der Waals surface area contributed by atoms with Gasteiger partial charge in [-0.15, -0.1) is 0 Å². The van der Waals surface area contributed by atoms with E-state index in [0.29, 0.717) is 32.8 Å². The zero-order valence-corrected chi connectivity index (χ0v) is 13.2. The molecule has 1 fully saturated rings. The molecule has 120 valence electrons. The molecule has 1 aromatic heterocycles. The lowest BCUT2D eigenvalue weighted by Crippen LogP contribution is -2.31. The van der Waals surface area contributed by atoms with Crippen LogP contribution in [0.15, 0.2) is 24.3 Å². The summed E-state index contributed by atoms with van der Waals surface area (Å²) in [6.45, 7) is 4.62. The van der Waals surface area contributed by atoms with E-state index in [2.05, 4.69) is 15.5 Å². The number of hydrogen-bond donors (Lipinski definition) is 0. The fraction of sp³-hybridized carbons (Fsp3) is 0.588. The third kappa shape index (κ3) is 3.25. The van der Waals surface area contributed by atoms with Crippen molar-refractivity contribution < 1.29 is 8.85 Å². The van der Waals surface area contributed by atoms with Gasteiger partial charge in [0.1, 0.15) is 0 Å². The minimum atomic E-state index is -2.02. The van der Waals surface area contributed by atoms with Crippen molar-refractivity contribution >= 4 is 17.0 Å². The van der Waals surface area contributed by atoms with Crippen molar-refractivity contribution in [1.29, 1.82) is 0 Å². The van der Waals surface area contributed by atoms with Crippen molar-refractivity contribution in [1.82, 2.24) is 14.5 Å². The number of nitrogens with zero attached hydrogens (tertiary/aromatic N) is 4. The van der Waals surface area contributed by atoms with Crippen LogP contribution in [0.3, 0.4) is 0 Å². The van der Waals surface area contributed by atoms with Crippen molar-refractivity contribution in [2.45, 2.75) is 19.9 Å². The van der Waals surface area contributed by atoms with E-state index >= 15 is 0 Å². The number of anilines is 1. The molecule has 0 radical (unpaired) electrons. The molecular weight excluding hydrogens is 277 g/mol. The Hall–Kier alpha value is -1.59. The summed E-state index contributed by atoms with van der Waals surface area (Å²) in [5.74, 6) is 0.910. The Kier molecular flexibility index (Phi) is 3.85. The first-order valence-corrected chi connectivity index (χ1v) is 8.03. The average Bonchev–Trinajstić information content (AvgIpc) is 2.77. The number of rotatable bonds is 5. The summed E-state index contributed by atoms with van der Waals surface area (Å²) in [6, 6.07) is 8.10. The highest BCUT2D eigenvalue weighted by Crippen LogP contribution is 2.23. The molecule has 0 spiro atoms. The highest BCUT2D eigenvalue weighted by atomic mass is 16.5. The first-order valence-electron chi connectivity index (χ1n) is 9.53. The van der Waals surface area contributed by atoms with Crippen LogP contribution in [0.1, 0.15) is 17.5 Å². The first-order chi connectivity index (χ1) is 12.0. The van der Waals surface area contributed by atoms with Gasteiger partial charge in [-0.2, -0.15) is 0 Å². The predicted molar refractivity (Wildman–Crippen MR) is 90.6 cm³/mol. The maximum atomic E-state index is 7.64. The highest BCUT2D eigenvalue weighted by molar-refractivity contribution is 5.78. The smallest absolute Gasteiger partial charge is 0.206 e. The molecule has 22 heavy (non-hydrogen) atoms. The normalized spacial score (nSPS) is 19.7. The van der Waals surface area contributed by atoms with Crippen LogP contribution in [0, 0.1) is 0 Å². The molecular formula is C17H26N4O. The largest absolute Gasteiger partial charge is 0.380 e. The zero-order chi connectivity index (χ0) is 17.9. The minimum Gasteiger partial charge on any atom is -0.380 e. The molecule has 5 nitrogen and oxygen atoms in total. The molecule has 1 saturated heterocycles. The van der Waals surface area contributed by atoms with Crippen LogP contribution in [-0.4, -0.2) is 60.8 Å². The Morgan fingerprint density at radius 3 is 3.00 bits per heavy atom. The van der Waals surface area contributed by atoms with Crippen molar-refractivity contribution in [2.24, 2.45) is 0 Å². The van der Waals surface area contributed by atoms with Crippen molar-refractivity contribution in [3.63, 3.8) is 0 Å². The fourth-order valence-electron chi connectivity index (χ4n) is 2.94. The van der Waals surface area contributed by atoms with Crippen LogP contribution in [0.25, 0.3) is 11.0 Å². The number of para-hydroxylation sites is 2. The second-order valence-corrected chi connectivity index (χ2v) is 5.58. The second-order valence-electron chi connectivity index (χ2n) is 5.58. The van der Waals surface area contributed by atoms with Gasteiger partial charge in [-0.25, -0.2) is 4.98 Å². The van der Waals surface area contributed by atoms with Crippen molar-refractivity contribution in [3.05, 3.63) is 24.3 Å². The highest BCUT2D eigenvalue weighted by Gasteiger charge is 2.19. The molecule has 0 bridgehead atoms. The molecule has 2 aromatic rings. The summed E-state index contributed by atoms with van der Waals surface area (Å²) in [5, 5.41) is 0. The lowest BCUT2D eigenvalue weighted by molar-refractivity contribution is 0.140. The monoisotopic (exact) mass is 306 g/mol. The van der Waals surface area contributed by atoms with Gasteiger partial charge in [0, 0.05) is 36.9 Å². The Balaban J connectivity index is 1.85. The van der Waals surface area contributed by atoms with Crippen LogP contribution < -0.4 is 4.90 Å². The molecule has 5 heteroatoms. The summed E-state index contributed by atoms with van der Waals surface area (Å²) in [7, 11) is 0. The molecule has 3 rings (SSSR count). The molecule has 0 saturated carbocycles. The van der Waals surface area contributed by atoms with Gasteiger partial charge in [-0.05, 0) is 39.0 Å². The SMILES string of the molecule is [2H][13C]([2H])([2H])N1CCCN(c2nc3ccccc3n2CCOCC)CC1. The van der Waals surface area contributed by atoms with E-state index in [0.717, 1.165) is 36.5 Å². The number of benzene rings is 1. The summed E-state index contributed by atoms with van der Waals surface area (Å²) in [6.07, 6.45) is 0.813. The molecule has 0 amide bonds. The molecule has 0 atom stereocenters. The summed E-state index contributed by atoms with van der Waals surface area (Å²) < 4.78 is 30.6. The van der Waals surface area contributed by atoms with Crippen LogP contribution >= 0.6 is 0 Å². The molecule has 0 aliphatic carbocycles. The number of ether oxygens (including phenoxy) is 1. The maximum absolute atomic E-state index is 7.64. The van der Waals surface area contributed by atoms with E-state index in [-0.39, 0.29) is 0 Å². The minimum absolute atomic E-state index is 0.519. The average molecular weight is 306 g/mol. The van der Waals surface area contributed by atoms with Crippen molar-refractivity contribution in [2.75, 3.05) is 51.3 Å². The molecule has 0 N–H and O–H groups in total. The van der Waals surface area contributed by atoms with Crippen LogP contribution in [-0.2, 0) is 11.3 Å².